The average Bonchev–Trinajstić information content (AvgIpc) is 2.67. The summed E-state index contributed by atoms with van der Waals surface area (Å²) in [5.41, 5.74) is -0.500. The van der Waals surface area contributed by atoms with Gasteiger partial charge in [-0.05, 0) is 12.6 Å². The zero-order valence-corrected chi connectivity index (χ0v) is 15.8. The molecule has 1 aromatic carbocycles. The van der Waals surface area contributed by atoms with Crippen LogP contribution in [0.3, 0.4) is 0 Å². The molecule has 0 aliphatic heterocycles. The summed E-state index contributed by atoms with van der Waals surface area (Å²) in [6.45, 7) is 7.44. The van der Waals surface area contributed by atoms with Crippen LogP contribution < -0.4 is 25.7 Å². The highest BCUT2D eigenvalue weighted by atomic mass is 16.5. The molecular weight excluding hydrogens is 350 g/mol. The molecule has 1 aromatic heterocycles. The molecule has 0 spiro atoms. The van der Waals surface area contributed by atoms with Gasteiger partial charge >= 0.3 is 0 Å². The Morgan fingerprint density at radius 1 is 1.26 bits per heavy atom. The Balaban J connectivity index is 2.66. The summed E-state index contributed by atoms with van der Waals surface area (Å²) in [7, 11) is 2.94. The van der Waals surface area contributed by atoms with Crippen LogP contribution >= 0.6 is 0 Å². The van der Waals surface area contributed by atoms with Gasteiger partial charge < -0.3 is 29.8 Å². The first-order chi connectivity index (χ1) is 13.0. The number of fused-ring (bicyclic) bond motifs is 1. The minimum absolute atomic E-state index is 0.169. The normalized spacial score (nSPS) is 10.6. The van der Waals surface area contributed by atoms with Gasteiger partial charge in [0.05, 0.1) is 19.7 Å². The monoisotopic (exact) mass is 375 g/mol. The fourth-order valence-electron chi connectivity index (χ4n) is 2.81. The number of nitrogens with zero attached hydrogens (tertiary/aromatic N) is 1. The molecule has 0 aliphatic rings. The number of amides is 1. The number of rotatable bonds is 9. The average molecular weight is 375 g/mol. The van der Waals surface area contributed by atoms with Crippen molar-refractivity contribution < 1.29 is 19.4 Å². The number of aromatic hydroxyl groups is 1. The summed E-state index contributed by atoms with van der Waals surface area (Å²) >= 11 is 0. The molecule has 0 atom stereocenters. The Kier molecular flexibility index (Phi) is 6.84. The molecule has 8 heteroatoms. The van der Waals surface area contributed by atoms with Crippen molar-refractivity contribution in [1.29, 1.82) is 0 Å². The van der Waals surface area contributed by atoms with E-state index in [-0.39, 0.29) is 12.1 Å². The van der Waals surface area contributed by atoms with Gasteiger partial charge in [0.2, 0.25) is 0 Å². The van der Waals surface area contributed by atoms with Crippen molar-refractivity contribution >= 4 is 16.8 Å². The molecule has 1 heterocycles. The van der Waals surface area contributed by atoms with Crippen LogP contribution in [0.25, 0.3) is 10.9 Å². The Labute approximate surface area is 157 Å². The number of likely N-dealkylation sites (N-methyl/N-ethyl adjacent to an activating group) is 1. The van der Waals surface area contributed by atoms with Crippen LogP contribution in [-0.4, -0.2) is 49.4 Å². The van der Waals surface area contributed by atoms with E-state index in [1.807, 2.05) is 6.92 Å². The molecule has 0 aliphatic carbocycles. The number of aromatic nitrogens is 1. The second kappa shape index (κ2) is 9.09. The lowest BCUT2D eigenvalue weighted by Gasteiger charge is -2.16. The Morgan fingerprint density at radius 2 is 1.93 bits per heavy atom. The molecule has 8 nitrogen and oxygen atoms in total. The van der Waals surface area contributed by atoms with E-state index in [0.717, 1.165) is 6.54 Å². The molecular formula is C19H25N3O5. The summed E-state index contributed by atoms with van der Waals surface area (Å²) in [4.78, 5) is 25.4. The third kappa shape index (κ3) is 4.06. The van der Waals surface area contributed by atoms with Crippen LogP contribution in [0.15, 0.2) is 29.6 Å². The third-order valence-electron chi connectivity index (χ3n) is 4.12. The Bertz CT molecular complexity index is 905. The first-order valence-corrected chi connectivity index (χ1v) is 8.61. The van der Waals surface area contributed by atoms with Gasteiger partial charge in [-0.25, -0.2) is 0 Å². The molecule has 0 bridgehead atoms. The standard InChI is InChI=1S/C19H25N3O5/c1-5-9-22-13-11-15(27-4)14(26-3)10-12(13)17(23)16(19(22)25)18(24)21-8-7-20-6-2/h5,10-11,20,23H,1,6-9H2,2-4H3,(H,21,24). The minimum atomic E-state index is -0.634. The molecule has 1 amide bonds. The van der Waals surface area contributed by atoms with Crippen LogP contribution in [-0.2, 0) is 6.54 Å². The highest BCUT2D eigenvalue weighted by Crippen LogP contribution is 2.36. The molecule has 2 aromatic rings. The van der Waals surface area contributed by atoms with Gasteiger partial charge in [-0.2, -0.15) is 0 Å². The number of hydrogen-bond acceptors (Lipinski definition) is 6. The number of pyridine rings is 1. The molecule has 0 unspecified atom stereocenters. The number of allylic oxidation sites excluding steroid dienone is 1. The minimum Gasteiger partial charge on any atom is -0.506 e. The number of carbonyl (C=O) groups excluding carboxylic acids is 1. The third-order valence-corrected chi connectivity index (χ3v) is 4.12. The van der Waals surface area contributed by atoms with Gasteiger partial charge in [-0.3, -0.25) is 9.59 Å². The number of carbonyl (C=O) groups is 1. The first kappa shape index (κ1) is 20.3. The maximum absolute atomic E-state index is 12.9. The van der Waals surface area contributed by atoms with Crippen LogP contribution in [0.1, 0.15) is 17.3 Å². The second-order valence-corrected chi connectivity index (χ2v) is 5.76. The zero-order valence-electron chi connectivity index (χ0n) is 15.8. The first-order valence-electron chi connectivity index (χ1n) is 8.61. The molecule has 0 fully saturated rings. The number of benzene rings is 1. The SMILES string of the molecule is C=CCn1c(=O)c(C(=O)NCCNCC)c(O)c2cc(OC)c(OC)cc21. The number of nitrogens with one attached hydrogen (secondary N) is 2. The Hall–Kier alpha value is -3.00. The van der Waals surface area contributed by atoms with E-state index in [4.69, 9.17) is 9.47 Å². The maximum Gasteiger partial charge on any atom is 0.268 e. The smallest absolute Gasteiger partial charge is 0.268 e. The zero-order chi connectivity index (χ0) is 20.0. The van der Waals surface area contributed by atoms with Gasteiger partial charge in [0, 0.05) is 31.1 Å². The maximum atomic E-state index is 12.9. The lowest BCUT2D eigenvalue weighted by Crippen LogP contribution is -2.36. The van der Waals surface area contributed by atoms with Gasteiger partial charge in [-0.1, -0.05) is 13.0 Å². The van der Waals surface area contributed by atoms with Crippen LogP contribution in [0.5, 0.6) is 17.2 Å². The van der Waals surface area contributed by atoms with Crippen molar-refractivity contribution in [2.24, 2.45) is 0 Å². The highest BCUT2D eigenvalue weighted by Gasteiger charge is 2.23. The molecule has 0 radical (unpaired) electrons. The summed E-state index contributed by atoms with van der Waals surface area (Å²) in [5.74, 6) is -0.242. The van der Waals surface area contributed by atoms with Crippen LogP contribution in [0.4, 0.5) is 0 Å². The predicted molar refractivity (Wildman–Crippen MR) is 104 cm³/mol. The summed E-state index contributed by atoms with van der Waals surface area (Å²) in [5, 5.41) is 16.7. The van der Waals surface area contributed by atoms with E-state index in [1.54, 1.807) is 12.1 Å². The summed E-state index contributed by atoms with van der Waals surface area (Å²) in [6, 6.07) is 3.13. The van der Waals surface area contributed by atoms with E-state index >= 15 is 0 Å². The van der Waals surface area contributed by atoms with Gasteiger partial charge in [0.15, 0.2) is 11.5 Å². The molecule has 3 N–H and O–H groups in total. The highest BCUT2D eigenvalue weighted by molar-refractivity contribution is 6.03. The molecule has 27 heavy (non-hydrogen) atoms. The van der Waals surface area contributed by atoms with E-state index in [0.29, 0.717) is 35.5 Å². The van der Waals surface area contributed by atoms with E-state index in [2.05, 4.69) is 17.2 Å². The van der Waals surface area contributed by atoms with E-state index in [9.17, 15) is 14.7 Å². The second-order valence-electron chi connectivity index (χ2n) is 5.76. The van der Waals surface area contributed by atoms with Crippen molar-refractivity contribution in [2.75, 3.05) is 33.9 Å². The lowest BCUT2D eigenvalue weighted by atomic mass is 10.1. The number of ether oxygens (including phenoxy) is 2. The molecule has 0 saturated carbocycles. The molecule has 146 valence electrons. The quantitative estimate of drug-likeness (QED) is 0.450. The van der Waals surface area contributed by atoms with Gasteiger partial charge in [0.1, 0.15) is 11.3 Å². The van der Waals surface area contributed by atoms with Gasteiger partial charge in [0.25, 0.3) is 11.5 Å². The molecule has 0 saturated heterocycles. The van der Waals surface area contributed by atoms with E-state index in [1.165, 1.54) is 24.9 Å². The fourth-order valence-corrected chi connectivity index (χ4v) is 2.81. The van der Waals surface area contributed by atoms with Crippen LogP contribution in [0.2, 0.25) is 0 Å². The molecule has 2 rings (SSSR count). The van der Waals surface area contributed by atoms with Crippen molar-refractivity contribution in [2.45, 2.75) is 13.5 Å². The summed E-state index contributed by atoms with van der Waals surface area (Å²) < 4.78 is 11.9. The van der Waals surface area contributed by atoms with Crippen molar-refractivity contribution in [3.8, 4) is 17.2 Å². The fraction of sp³-hybridized carbons (Fsp3) is 0.368. The Morgan fingerprint density at radius 3 is 2.52 bits per heavy atom. The lowest BCUT2D eigenvalue weighted by molar-refractivity contribution is 0.0949. The predicted octanol–water partition coefficient (Wildman–Crippen LogP) is 1.25. The summed E-state index contributed by atoms with van der Waals surface area (Å²) in [6.07, 6.45) is 1.54. The van der Waals surface area contributed by atoms with Crippen molar-refractivity contribution in [1.82, 2.24) is 15.2 Å². The number of methoxy groups -OCH3 is 2. The number of hydrogen-bond donors (Lipinski definition) is 3. The van der Waals surface area contributed by atoms with E-state index < -0.39 is 17.2 Å². The topological polar surface area (TPSA) is 102 Å². The van der Waals surface area contributed by atoms with Gasteiger partial charge in [-0.15, -0.1) is 6.58 Å². The largest absolute Gasteiger partial charge is 0.506 e. The van der Waals surface area contributed by atoms with Crippen molar-refractivity contribution in [3.63, 3.8) is 0 Å². The van der Waals surface area contributed by atoms with Crippen LogP contribution in [0, 0.1) is 0 Å². The van der Waals surface area contributed by atoms with Crippen molar-refractivity contribution in [3.05, 3.63) is 40.7 Å².